The Morgan fingerprint density at radius 3 is 2.58 bits per heavy atom. The molecule has 0 saturated heterocycles. The highest BCUT2D eigenvalue weighted by molar-refractivity contribution is 7.99. The van der Waals surface area contributed by atoms with E-state index in [-0.39, 0.29) is 11.0 Å². The number of hydrogen-bond donors (Lipinski definition) is 2. The molecule has 19 heavy (non-hydrogen) atoms. The lowest BCUT2D eigenvalue weighted by Crippen LogP contribution is -2.43. The molecule has 0 spiro atoms. The lowest BCUT2D eigenvalue weighted by molar-refractivity contribution is -0.126. The van der Waals surface area contributed by atoms with Gasteiger partial charge in [-0.05, 0) is 24.9 Å². The number of nitrogens with zero attached hydrogens (tertiary/aromatic N) is 3. The number of carbonyl (C=O) groups excluding carboxylic acids is 1. The van der Waals surface area contributed by atoms with Gasteiger partial charge in [-0.1, -0.05) is 39.5 Å². The third-order valence-corrected chi connectivity index (χ3v) is 3.19. The van der Waals surface area contributed by atoms with Gasteiger partial charge in [-0.3, -0.25) is 10.2 Å². The van der Waals surface area contributed by atoms with E-state index in [0.717, 1.165) is 5.75 Å². The van der Waals surface area contributed by atoms with Crippen molar-refractivity contribution in [2.75, 3.05) is 11.2 Å². The summed E-state index contributed by atoms with van der Waals surface area (Å²) in [5.41, 5.74) is 2.43. The summed E-state index contributed by atoms with van der Waals surface area (Å²) >= 11 is 6.67. The van der Waals surface area contributed by atoms with Crippen molar-refractivity contribution in [2.45, 2.75) is 39.8 Å². The van der Waals surface area contributed by atoms with Gasteiger partial charge in [0.1, 0.15) is 5.82 Å². The van der Waals surface area contributed by atoms with Crippen LogP contribution >= 0.6 is 24.0 Å². The number of aromatic nitrogens is 3. The first-order valence-electron chi connectivity index (χ1n) is 5.93. The van der Waals surface area contributed by atoms with E-state index in [9.17, 15) is 4.79 Å². The Hall–Kier alpha value is -1.15. The second-order valence-corrected chi connectivity index (χ2v) is 6.58. The van der Waals surface area contributed by atoms with Crippen LogP contribution in [-0.4, -0.2) is 31.6 Å². The molecule has 0 aliphatic carbocycles. The molecule has 6 nitrogen and oxygen atoms in total. The van der Waals surface area contributed by atoms with Gasteiger partial charge in [0.25, 0.3) is 0 Å². The van der Waals surface area contributed by atoms with Gasteiger partial charge in [0.15, 0.2) is 5.11 Å². The van der Waals surface area contributed by atoms with Crippen molar-refractivity contribution in [2.24, 2.45) is 5.41 Å². The molecule has 1 rings (SSSR count). The van der Waals surface area contributed by atoms with Gasteiger partial charge in [0, 0.05) is 5.41 Å². The zero-order chi connectivity index (χ0) is 14.6. The van der Waals surface area contributed by atoms with E-state index in [2.05, 4.69) is 20.9 Å². The van der Waals surface area contributed by atoms with Gasteiger partial charge in [0.2, 0.25) is 11.1 Å². The quantitative estimate of drug-likeness (QED) is 0.654. The number of rotatable bonds is 3. The highest BCUT2D eigenvalue weighted by atomic mass is 32.2. The Morgan fingerprint density at radius 1 is 1.42 bits per heavy atom. The van der Waals surface area contributed by atoms with Crippen LogP contribution in [0.3, 0.4) is 0 Å². The maximum Gasteiger partial charge on any atom is 0.231 e. The Labute approximate surface area is 122 Å². The molecular formula is C11H19N5OS2. The molecule has 0 aromatic carbocycles. The molecule has 0 aliphatic heterocycles. The van der Waals surface area contributed by atoms with Gasteiger partial charge >= 0.3 is 0 Å². The number of thiocarbonyl (C=S) groups is 1. The molecule has 1 aromatic heterocycles. The smallest absolute Gasteiger partial charge is 0.231 e. The third-order valence-electron chi connectivity index (χ3n) is 2.19. The zero-order valence-corrected chi connectivity index (χ0v) is 13.4. The summed E-state index contributed by atoms with van der Waals surface area (Å²) in [7, 11) is 0. The molecule has 0 saturated carbocycles. The SMILES string of the molecule is CCSc1nnc(C)n1NC(=S)NC(=O)C(C)(C)C. The molecule has 0 bridgehead atoms. The summed E-state index contributed by atoms with van der Waals surface area (Å²) in [6, 6.07) is 0. The Morgan fingerprint density at radius 2 is 2.05 bits per heavy atom. The average Bonchev–Trinajstić information content (AvgIpc) is 2.60. The molecule has 0 atom stereocenters. The van der Waals surface area contributed by atoms with Crippen molar-refractivity contribution >= 4 is 35.0 Å². The minimum Gasteiger partial charge on any atom is -0.301 e. The fraction of sp³-hybridized carbons (Fsp3) is 0.636. The fourth-order valence-electron chi connectivity index (χ4n) is 1.11. The molecule has 8 heteroatoms. The second kappa shape index (κ2) is 6.33. The van der Waals surface area contributed by atoms with Gasteiger partial charge in [-0.15, -0.1) is 10.2 Å². The van der Waals surface area contributed by atoms with Crippen LogP contribution in [0.25, 0.3) is 0 Å². The third kappa shape index (κ3) is 4.46. The van der Waals surface area contributed by atoms with Gasteiger partial charge < -0.3 is 5.32 Å². The predicted octanol–water partition coefficient (Wildman–Crippen LogP) is 1.69. The van der Waals surface area contributed by atoms with Crippen LogP contribution in [0.5, 0.6) is 0 Å². The molecule has 0 aliphatic rings. The van der Waals surface area contributed by atoms with E-state index >= 15 is 0 Å². The molecule has 1 amide bonds. The summed E-state index contributed by atoms with van der Waals surface area (Å²) in [5, 5.41) is 11.6. The Balaban J connectivity index is 2.72. The first-order valence-corrected chi connectivity index (χ1v) is 7.32. The normalized spacial score (nSPS) is 11.2. The molecule has 1 aromatic rings. The first kappa shape index (κ1) is 15.9. The number of thioether (sulfide) groups is 1. The Bertz CT molecular complexity index is 478. The molecule has 1 heterocycles. The second-order valence-electron chi connectivity index (χ2n) is 4.94. The maximum atomic E-state index is 11.8. The van der Waals surface area contributed by atoms with Crippen molar-refractivity contribution in [1.29, 1.82) is 0 Å². The highest BCUT2D eigenvalue weighted by Crippen LogP contribution is 2.15. The van der Waals surface area contributed by atoms with Crippen molar-refractivity contribution < 1.29 is 4.79 Å². The van der Waals surface area contributed by atoms with E-state index in [1.165, 1.54) is 0 Å². The van der Waals surface area contributed by atoms with Crippen LogP contribution < -0.4 is 10.7 Å². The number of hydrogen-bond acceptors (Lipinski definition) is 5. The van der Waals surface area contributed by atoms with Crippen molar-refractivity contribution in [1.82, 2.24) is 20.2 Å². The van der Waals surface area contributed by atoms with Crippen LogP contribution in [0.15, 0.2) is 5.16 Å². The number of nitrogens with one attached hydrogen (secondary N) is 2. The van der Waals surface area contributed by atoms with E-state index < -0.39 is 5.41 Å². The molecule has 0 fully saturated rings. The van der Waals surface area contributed by atoms with Gasteiger partial charge in [0.05, 0.1) is 0 Å². The van der Waals surface area contributed by atoms with Crippen LogP contribution in [-0.2, 0) is 4.79 Å². The van der Waals surface area contributed by atoms with E-state index in [1.807, 2.05) is 34.6 Å². The summed E-state index contributed by atoms with van der Waals surface area (Å²) in [4.78, 5) is 11.8. The summed E-state index contributed by atoms with van der Waals surface area (Å²) in [5.74, 6) is 1.42. The molecule has 106 valence electrons. The first-order chi connectivity index (χ1) is 8.75. The van der Waals surface area contributed by atoms with Crippen LogP contribution in [0.1, 0.15) is 33.5 Å². The molecular weight excluding hydrogens is 282 g/mol. The average molecular weight is 301 g/mol. The van der Waals surface area contributed by atoms with Crippen molar-refractivity contribution in [3.8, 4) is 0 Å². The molecule has 0 radical (unpaired) electrons. The topological polar surface area (TPSA) is 71.8 Å². The molecule has 0 unspecified atom stereocenters. The molecule has 2 N–H and O–H groups in total. The minimum absolute atomic E-state index is 0.138. The summed E-state index contributed by atoms with van der Waals surface area (Å²) in [6.07, 6.45) is 0. The summed E-state index contributed by atoms with van der Waals surface area (Å²) in [6.45, 7) is 9.32. The summed E-state index contributed by atoms with van der Waals surface area (Å²) < 4.78 is 1.67. The van der Waals surface area contributed by atoms with Crippen LogP contribution in [0.4, 0.5) is 0 Å². The van der Waals surface area contributed by atoms with Gasteiger partial charge in [-0.2, -0.15) is 0 Å². The minimum atomic E-state index is -0.491. The van der Waals surface area contributed by atoms with E-state index in [4.69, 9.17) is 12.2 Å². The van der Waals surface area contributed by atoms with Crippen molar-refractivity contribution in [3.05, 3.63) is 5.82 Å². The maximum absolute atomic E-state index is 11.8. The number of amides is 1. The van der Waals surface area contributed by atoms with E-state index in [1.54, 1.807) is 16.4 Å². The standard InChI is InChI=1S/C11H19N5OS2/c1-6-19-10-14-13-7(2)16(10)15-9(18)12-8(17)11(3,4)5/h6H2,1-5H3,(H2,12,15,17,18). The highest BCUT2D eigenvalue weighted by Gasteiger charge is 2.22. The zero-order valence-electron chi connectivity index (χ0n) is 11.8. The van der Waals surface area contributed by atoms with E-state index in [0.29, 0.717) is 11.0 Å². The van der Waals surface area contributed by atoms with Gasteiger partial charge in [-0.25, -0.2) is 4.68 Å². The fourth-order valence-corrected chi connectivity index (χ4v) is 1.96. The lowest BCUT2D eigenvalue weighted by atomic mass is 9.96. The van der Waals surface area contributed by atoms with Crippen LogP contribution in [0, 0.1) is 12.3 Å². The van der Waals surface area contributed by atoms with Crippen LogP contribution in [0.2, 0.25) is 0 Å². The largest absolute Gasteiger partial charge is 0.301 e. The Kier molecular flexibility index (Phi) is 5.30. The lowest BCUT2D eigenvalue weighted by Gasteiger charge is -2.19. The van der Waals surface area contributed by atoms with Crippen molar-refractivity contribution in [3.63, 3.8) is 0 Å². The monoisotopic (exact) mass is 301 g/mol. The predicted molar refractivity (Wildman–Crippen MR) is 80.7 cm³/mol. The number of carbonyl (C=O) groups is 1. The number of aryl methyl sites for hydroxylation is 1.